The van der Waals surface area contributed by atoms with E-state index >= 15 is 0 Å². The Hall–Kier alpha value is -1.80. The van der Waals surface area contributed by atoms with Crippen molar-refractivity contribution >= 4 is 45.8 Å². The largest absolute Gasteiger partial charge is 0.497 e. The average molecular weight is 397 g/mol. The van der Waals surface area contributed by atoms with Gasteiger partial charge >= 0.3 is 0 Å². The van der Waals surface area contributed by atoms with Crippen molar-refractivity contribution in [3.05, 3.63) is 18.2 Å². The molecular weight excluding hydrogens is 372 g/mol. The minimum absolute atomic E-state index is 0.0755. The van der Waals surface area contributed by atoms with E-state index in [9.17, 15) is 9.59 Å². The van der Waals surface area contributed by atoms with E-state index in [4.69, 9.17) is 21.7 Å². The average Bonchev–Trinajstić information content (AvgIpc) is 2.87. The third-order valence-corrected chi connectivity index (χ3v) is 5.56. The first-order valence-corrected chi connectivity index (χ1v) is 9.79. The molecule has 1 unspecified atom stereocenters. The van der Waals surface area contributed by atoms with Gasteiger partial charge in [0.2, 0.25) is 11.8 Å². The zero-order valence-corrected chi connectivity index (χ0v) is 16.9. The number of ether oxygens (including phenoxy) is 2. The lowest BCUT2D eigenvalue weighted by Gasteiger charge is -2.15. The second-order valence-corrected chi connectivity index (χ2v) is 7.92. The minimum Gasteiger partial charge on any atom is -0.497 e. The summed E-state index contributed by atoms with van der Waals surface area (Å²) in [5.41, 5.74) is 0.593. The highest BCUT2D eigenvalue weighted by Crippen LogP contribution is 2.29. The van der Waals surface area contributed by atoms with Crippen LogP contribution in [-0.2, 0) is 9.59 Å². The Morgan fingerprint density at radius 2 is 2.04 bits per heavy atom. The van der Waals surface area contributed by atoms with Crippen LogP contribution in [0.4, 0.5) is 5.69 Å². The minimum atomic E-state index is -0.0777. The summed E-state index contributed by atoms with van der Waals surface area (Å²) in [5, 5.41) is 2.78. The summed E-state index contributed by atoms with van der Waals surface area (Å²) in [6.45, 7) is 2.50. The molecule has 1 saturated heterocycles. The van der Waals surface area contributed by atoms with Gasteiger partial charge in [-0.25, -0.2) is 0 Å². The predicted octanol–water partition coefficient (Wildman–Crippen LogP) is 3.45. The van der Waals surface area contributed by atoms with Gasteiger partial charge in [-0.2, -0.15) is 0 Å². The van der Waals surface area contributed by atoms with Gasteiger partial charge in [-0.15, -0.1) is 0 Å². The monoisotopic (exact) mass is 396 g/mol. The molecule has 0 aliphatic carbocycles. The molecule has 1 aromatic rings. The third-order valence-electron chi connectivity index (χ3n) is 4.08. The number of carbonyl (C=O) groups excluding carboxylic acids is 2. The van der Waals surface area contributed by atoms with E-state index in [0.29, 0.717) is 34.5 Å². The molecule has 26 heavy (non-hydrogen) atoms. The SMILES string of the molecule is COc1ccc(OC)c(NC(=O)CCCCCN2C(=O)C(C)SC2=S)c1. The summed E-state index contributed by atoms with van der Waals surface area (Å²) in [5.74, 6) is 1.25. The molecule has 1 aromatic carbocycles. The quantitative estimate of drug-likeness (QED) is 0.509. The molecule has 1 heterocycles. The van der Waals surface area contributed by atoms with E-state index < -0.39 is 0 Å². The number of nitrogens with one attached hydrogen (secondary N) is 1. The van der Waals surface area contributed by atoms with Crippen LogP contribution >= 0.6 is 24.0 Å². The molecule has 142 valence electrons. The molecule has 2 amide bonds. The molecule has 0 aromatic heterocycles. The number of thioether (sulfide) groups is 1. The molecule has 8 heteroatoms. The number of benzene rings is 1. The van der Waals surface area contributed by atoms with Crippen molar-refractivity contribution in [3.63, 3.8) is 0 Å². The number of amides is 2. The first kappa shape index (κ1) is 20.5. The maximum atomic E-state index is 12.2. The predicted molar refractivity (Wildman–Crippen MR) is 108 cm³/mol. The van der Waals surface area contributed by atoms with Crippen molar-refractivity contribution in [1.82, 2.24) is 4.90 Å². The molecule has 1 N–H and O–H groups in total. The highest BCUT2D eigenvalue weighted by atomic mass is 32.2. The topological polar surface area (TPSA) is 67.9 Å². The van der Waals surface area contributed by atoms with Gasteiger partial charge in [-0.3, -0.25) is 14.5 Å². The van der Waals surface area contributed by atoms with Crippen LogP contribution in [-0.4, -0.2) is 47.0 Å². The van der Waals surface area contributed by atoms with Crippen LogP contribution in [0.3, 0.4) is 0 Å². The van der Waals surface area contributed by atoms with Gasteiger partial charge in [0.25, 0.3) is 0 Å². The molecule has 0 bridgehead atoms. The molecule has 0 spiro atoms. The van der Waals surface area contributed by atoms with Crippen LogP contribution in [0.25, 0.3) is 0 Å². The zero-order chi connectivity index (χ0) is 19.1. The van der Waals surface area contributed by atoms with Crippen LogP contribution in [0.5, 0.6) is 11.5 Å². The number of thiocarbonyl (C=S) groups is 1. The van der Waals surface area contributed by atoms with Crippen LogP contribution in [0.2, 0.25) is 0 Å². The summed E-state index contributed by atoms with van der Waals surface area (Å²) in [6.07, 6.45) is 2.84. The number of anilines is 1. The normalized spacial score (nSPS) is 16.7. The van der Waals surface area contributed by atoms with E-state index in [2.05, 4.69) is 5.32 Å². The van der Waals surface area contributed by atoms with Gasteiger partial charge in [0.05, 0.1) is 25.2 Å². The summed E-state index contributed by atoms with van der Waals surface area (Å²) < 4.78 is 11.1. The fraction of sp³-hybridized carbons (Fsp3) is 0.500. The van der Waals surface area contributed by atoms with Crippen molar-refractivity contribution < 1.29 is 19.1 Å². The Morgan fingerprint density at radius 3 is 2.65 bits per heavy atom. The highest BCUT2D eigenvalue weighted by Gasteiger charge is 2.32. The Morgan fingerprint density at radius 1 is 1.27 bits per heavy atom. The summed E-state index contributed by atoms with van der Waals surface area (Å²) >= 11 is 6.65. The van der Waals surface area contributed by atoms with Crippen LogP contribution in [0.1, 0.15) is 32.6 Å². The number of nitrogens with zero attached hydrogens (tertiary/aromatic N) is 1. The van der Waals surface area contributed by atoms with E-state index in [1.807, 2.05) is 6.92 Å². The summed E-state index contributed by atoms with van der Waals surface area (Å²) in [4.78, 5) is 25.8. The van der Waals surface area contributed by atoms with Crippen molar-refractivity contribution in [1.29, 1.82) is 0 Å². The maximum Gasteiger partial charge on any atom is 0.241 e. The zero-order valence-electron chi connectivity index (χ0n) is 15.2. The molecule has 1 fully saturated rings. The first-order chi connectivity index (χ1) is 12.5. The Kier molecular flexibility index (Phi) is 7.71. The van der Waals surface area contributed by atoms with Gasteiger partial charge in [0.15, 0.2) is 0 Å². The number of hydrogen-bond acceptors (Lipinski definition) is 6. The fourth-order valence-corrected chi connectivity index (χ4v) is 4.09. The molecule has 0 saturated carbocycles. The summed E-state index contributed by atoms with van der Waals surface area (Å²) in [7, 11) is 3.13. The van der Waals surface area contributed by atoms with E-state index in [1.54, 1.807) is 37.3 Å². The van der Waals surface area contributed by atoms with Crippen LogP contribution in [0.15, 0.2) is 18.2 Å². The maximum absolute atomic E-state index is 12.2. The second kappa shape index (κ2) is 9.78. The number of carbonyl (C=O) groups is 2. The standard InChI is InChI=1S/C18H24N2O4S2/c1-12-17(22)20(18(25)26-12)10-6-4-5-7-16(21)19-14-11-13(23-2)8-9-15(14)24-3/h8-9,11-12H,4-7,10H2,1-3H3,(H,19,21). The first-order valence-electron chi connectivity index (χ1n) is 8.50. The van der Waals surface area contributed by atoms with Gasteiger partial charge in [-0.05, 0) is 31.9 Å². The van der Waals surface area contributed by atoms with Gasteiger partial charge in [0, 0.05) is 19.0 Å². The number of hydrogen-bond donors (Lipinski definition) is 1. The molecular formula is C18H24N2O4S2. The van der Waals surface area contributed by atoms with E-state index in [1.165, 1.54) is 11.8 Å². The smallest absolute Gasteiger partial charge is 0.241 e. The molecule has 6 nitrogen and oxygen atoms in total. The fourth-order valence-electron chi connectivity index (χ4n) is 2.63. The molecule has 1 aliphatic heterocycles. The highest BCUT2D eigenvalue weighted by molar-refractivity contribution is 8.24. The van der Waals surface area contributed by atoms with Crippen molar-refractivity contribution in [2.24, 2.45) is 0 Å². The lowest BCUT2D eigenvalue weighted by atomic mass is 10.1. The lowest BCUT2D eigenvalue weighted by molar-refractivity contribution is -0.125. The molecule has 0 radical (unpaired) electrons. The Bertz CT molecular complexity index is 681. The molecule has 1 aliphatic rings. The van der Waals surface area contributed by atoms with Gasteiger partial charge in [0.1, 0.15) is 15.8 Å². The van der Waals surface area contributed by atoms with Crippen molar-refractivity contribution in [2.75, 3.05) is 26.1 Å². The molecule has 1 atom stereocenters. The Balaban J connectivity index is 1.73. The van der Waals surface area contributed by atoms with Crippen LogP contribution < -0.4 is 14.8 Å². The number of methoxy groups -OCH3 is 2. The van der Waals surface area contributed by atoms with Gasteiger partial charge in [-0.1, -0.05) is 30.4 Å². The lowest BCUT2D eigenvalue weighted by Crippen LogP contribution is -2.31. The van der Waals surface area contributed by atoms with E-state index in [-0.39, 0.29) is 17.1 Å². The van der Waals surface area contributed by atoms with Crippen LogP contribution in [0, 0.1) is 0 Å². The van der Waals surface area contributed by atoms with Crippen molar-refractivity contribution in [2.45, 2.75) is 37.9 Å². The number of unbranched alkanes of at least 4 members (excludes halogenated alkanes) is 2. The van der Waals surface area contributed by atoms with Gasteiger partial charge < -0.3 is 14.8 Å². The molecule has 2 rings (SSSR count). The van der Waals surface area contributed by atoms with E-state index in [0.717, 1.165) is 19.3 Å². The summed E-state index contributed by atoms with van der Waals surface area (Å²) in [6, 6.07) is 5.26. The Labute approximate surface area is 163 Å². The third kappa shape index (κ3) is 5.35. The second-order valence-electron chi connectivity index (χ2n) is 5.94. The number of rotatable bonds is 9. The van der Waals surface area contributed by atoms with Crippen molar-refractivity contribution in [3.8, 4) is 11.5 Å².